The van der Waals surface area contributed by atoms with Gasteiger partial charge >= 0.3 is 0 Å². The second-order valence-electron chi connectivity index (χ2n) is 7.73. The summed E-state index contributed by atoms with van der Waals surface area (Å²) in [6.07, 6.45) is 6.26. The third-order valence-corrected chi connectivity index (χ3v) is 5.39. The van der Waals surface area contributed by atoms with Gasteiger partial charge in [-0.15, -0.1) is 12.4 Å². The van der Waals surface area contributed by atoms with Crippen molar-refractivity contribution in [2.24, 2.45) is 17.6 Å². The highest BCUT2D eigenvalue weighted by atomic mass is 35.5. The van der Waals surface area contributed by atoms with E-state index in [1.165, 1.54) is 19.3 Å². The lowest BCUT2D eigenvalue weighted by atomic mass is 9.67. The van der Waals surface area contributed by atoms with Crippen molar-refractivity contribution in [2.45, 2.75) is 70.6 Å². The molecule has 2 aliphatic rings. The molecule has 25 heavy (non-hydrogen) atoms. The number of ether oxygens (including phenoxy) is 1. The molecule has 3 N–H and O–H groups in total. The Kier molecular flexibility index (Phi) is 7.14. The van der Waals surface area contributed by atoms with Crippen LogP contribution in [0.15, 0.2) is 24.3 Å². The number of carbonyl (C=O) groups excluding carboxylic acids is 1. The van der Waals surface area contributed by atoms with E-state index >= 15 is 0 Å². The first-order chi connectivity index (χ1) is 11.5. The molecule has 2 fully saturated rings. The van der Waals surface area contributed by atoms with Crippen molar-refractivity contribution >= 4 is 18.3 Å². The summed E-state index contributed by atoms with van der Waals surface area (Å²) in [6, 6.07) is 8.46. The first kappa shape index (κ1) is 20.1. The van der Waals surface area contributed by atoms with Crippen LogP contribution < -0.4 is 15.8 Å². The average Bonchev–Trinajstić information content (AvgIpc) is 2.49. The van der Waals surface area contributed by atoms with Gasteiger partial charge in [0.05, 0.1) is 12.5 Å². The highest BCUT2D eigenvalue weighted by Gasteiger charge is 2.39. The molecular weight excluding hydrogens is 336 g/mol. The van der Waals surface area contributed by atoms with E-state index < -0.39 is 0 Å². The lowest BCUT2D eigenvalue weighted by molar-refractivity contribution is -0.122. The van der Waals surface area contributed by atoms with Crippen molar-refractivity contribution in [3.63, 3.8) is 0 Å². The molecule has 0 radical (unpaired) electrons. The van der Waals surface area contributed by atoms with E-state index in [2.05, 4.69) is 5.32 Å². The molecule has 2 aliphatic carbocycles. The van der Waals surface area contributed by atoms with Gasteiger partial charge in [0, 0.05) is 17.6 Å². The molecule has 2 saturated carbocycles. The number of fused-ring (bicyclic) bond motifs is 2. The SMILES string of the molecule is CC(C)Oc1ccccc1CC(=O)NC1C2CCCC1CC(N)C2.Cl. The number of hydrogen-bond acceptors (Lipinski definition) is 3. The molecule has 2 unspecified atom stereocenters. The van der Waals surface area contributed by atoms with E-state index in [1.807, 2.05) is 38.1 Å². The van der Waals surface area contributed by atoms with E-state index in [9.17, 15) is 4.79 Å². The summed E-state index contributed by atoms with van der Waals surface area (Å²) in [7, 11) is 0. The molecule has 4 nitrogen and oxygen atoms in total. The summed E-state index contributed by atoms with van der Waals surface area (Å²) in [6.45, 7) is 4.01. The Labute approximate surface area is 157 Å². The smallest absolute Gasteiger partial charge is 0.224 e. The molecule has 1 aromatic carbocycles. The minimum Gasteiger partial charge on any atom is -0.491 e. The molecule has 2 atom stereocenters. The van der Waals surface area contributed by atoms with Gasteiger partial charge in [-0.25, -0.2) is 0 Å². The third-order valence-electron chi connectivity index (χ3n) is 5.39. The molecule has 0 heterocycles. The van der Waals surface area contributed by atoms with Gasteiger partial charge in [-0.05, 0) is 57.4 Å². The van der Waals surface area contributed by atoms with Crippen LogP contribution in [0.5, 0.6) is 5.75 Å². The van der Waals surface area contributed by atoms with Crippen molar-refractivity contribution in [3.05, 3.63) is 29.8 Å². The quantitative estimate of drug-likeness (QED) is 0.838. The molecule has 0 spiro atoms. The predicted octanol–water partition coefficient (Wildman–Crippen LogP) is 3.46. The summed E-state index contributed by atoms with van der Waals surface area (Å²) in [5.74, 6) is 2.03. The number of benzene rings is 1. The Morgan fingerprint density at radius 1 is 1.24 bits per heavy atom. The van der Waals surface area contributed by atoms with Gasteiger partial charge in [0.1, 0.15) is 5.75 Å². The van der Waals surface area contributed by atoms with Crippen molar-refractivity contribution in [1.29, 1.82) is 0 Å². The summed E-state index contributed by atoms with van der Waals surface area (Å²) in [5.41, 5.74) is 7.14. The van der Waals surface area contributed by atoms with E-state index in [0.717, 1.165) is 24.2 Å². The fourth-order valence-corrected chi connectivity index (χ4v) is 4.45. The van der Waals surface area contributed by atoms with E-state index in [-0.39, 0.29) is 24.4 Å². The Balaban J connectivity index is 0.00000225. The maximum absolute atomic E-state index is 12.6. The lowest BCUT2D eigenvalue weighted by Gasteiger charge is -2.45. The monoisotopic (exact) mass is 366 g/mol. The van der Waals surface area contributed by atoms with E-state index in [4.69, 9.17) is 10.5 Å². The highest BCUT2D eigenvalue weighted by Crippen LogP contribution is 2.39. The average molecular weight is 367 g/mol. The first-order valence-corrected chi connectivity index (χ1v) is 9.32. The van der Waals surface area contributed by atoms with Crippen molar-refractivity contribution in [1.82, 2.24) is 5.32 Å². The van der Waals surface area contributed by atoms with Crippen molar-refractivity contribution in [3.8, 4) is 5.75 Å². The van der Waals surface area contributed by atoms with E-state index in [1.54, 1.807) is 0 Å². The van der Waals surface area contributed by atoms with Crippen LogP contribution in [0.4, 0.5) is 0 Å². The molecule has 0 saturated heterocycles. The molecule has 1 amide bonds. The Morgan fingerprint density at radius 3 is 2.52 bits per heavy atom. The number of nitrogens with two attached hydrogens (primary N) is 1. The number of rotatable bonds is 5. The van der Waals surface area contributed by atoms with Gasteiger partial charge in [-0.2, -0.15) is 0 Å². The van der Waals surface area contributed by atoms with Gasteiger partial charge in [-0.3, -0.25) is 4.79 Å². The number of hydrogen-bond donors (Lipinski definition) is 2. The second kappa shape index (κ2) is 8.91. The van der Waals surface area contributed by atoms with Gasteiger partial charge in [0.15, 0.2) is 0 Å². The maximum Gasteiger partial charge on any atom is 0.224 e. The van der Waals surface area contributed by atoms with Crippen LogP contribution in [0.1, 0.15) is 51.5 Å². The summed E-state index contributed by atoms with van der Waals surface area (Å²) in [4.78, 5) is 12.6. The van der Waals surface area contributed by atoms with Crippen LogP contribution in [0, 0.1) is 11.8 Å². The Morgan fingerprint density at radius 2 is 1.88 bits per heavy atom. The van der Waals surface area contributed by atoms with Gasteiger partial charge in [0.25, 0.3) is 0 Å². The van der Waals surface area contributed by atoms with Crippen LogP contribution >= 0.6 is 12.4 Å². The van der Waals surface area contributed by atoms with Crippen molar-refractivity contribution in [2.75, 3.05) is 0 Å². The zero-order chi connectivity index (χ0) is 17.1. The minimum atomic E-state index is 0. The standard InChI is InChI=1S/C20H30N2O2.ClH/c1-13(2)24-18-9-4-3-6-14(18)12-19(23)22-20-15-7-5-8-16(20)11-17(21)10-15;/h3-4,6,9,13,15-17,20H,5,7-8,10-12,21H2,1-2H3,(H,22,23);1H. The minimum absolute atomic E-state index is 0. The molecule has 3 rings (SSSR count). The zero-order valence-corrected chi connectivity index (χ0v) is 16.1. The fraction of sp³-hybridized carbons (Fsp3) is 0.650. The number of amides is 1. The molecular formula is C20H31ClN2O2. The normalized spacial score (nSPS) is 28.2. The van der Waals surface area contributed by atoms with Gasteiger partial charge in [-0.1, -0.05) is 24.6 Å². The van der Waals surface area contributed by atoms with Crippen LogP contribution in [0.3, 0.4) is 0 Å². The topological polar surface area (TPSA) is 64.3 Å². The predicted molar refractivity (Wildman–Crippen MR) is 103 cm³/mol. The number of halogens is 1. The fourth-order valence-electron chi connectivity index (χ4n) is 4.45. The maximum atomic E-state index is 12.6. The number of carbonyl (C=O) groups is 1. The Hall–Kier alpha value is -1.26. The highest BCUT2D eigenvalue weighted by molar-refractivity contribution is 5.85. The molecule has 0 aliphatic heterocycles. The first-order valence-electron chi connectivity index (χ1n) is 9.32. The Bertz CT molecular complexity index is 565. The molecule has 1 aromatic rings. The van der Waals surface area contributed by atoms with Crippen LogP contribution in [-0.4, -0.2) is 24.1 Å². The summed E-state index contributed by atoms with van der Waals surface area (Å²) in [5, 5.41) is 3.32. The second-order valence-corrected chi connectivity index (χ2v) is 7.73. The number of nitrogens with one attached hydrogen (secondary N) is 1. The van der Waals surface area contributed by atoms with Crippen LogP contribution in [0.2, 0.25) is 0 Å². The van der Waals surface area contributed by atoms with Crippen molar-refractivity contribution < 1.29 is 9.53 Å². The van der Waals surface area contributed by atoms with Crippen LogP contribution in [-0.2, 0) is 11.2 Å². The lowest BCUT2D eigenvalue weighted by Crippen LogP contribution is -2.54. The third kappa shape index (κ3) is 5.11. The van der Waals surface area contributed by atoms with E-state index in [0.29, 0.717) is 30.3 Å². The van der Waals surface area contributed by atoms with Gasteiger partial charge < -0.3 is 15.8 Å². The zero-order valence-electron chi connectivity index (χ0n) is 15.2. The van der Waals surface area contributed by atoms with Crippen LogP contribution in [0.25, 0.3) is 0 Å². The summed E-state index contributed by atoms with van der Waals surface area (Å²) < 4.78 is 5.83. The molecule has 2 bridgehead atoms. The molecule has 140 valence electrons. The summed E-state index contributed by atoms with van der Waals surface area (Å²) >= 11 is 0. The largest absolute Gasteiger partial charge is 0.491 e. The molecule has 5 heteroatoms. The van der Waals surface area contributed by atoms with Gasteiger partial charge in [0.2, 0.25) is 5.91 Å². The number of para-hydroxylation sites is 1. The molecule has 0 aromatic heterocycles.